The van der Waals surface area contributed by atoms with Crippen LogP contribution < -0.4 is 5.32 Å². The molecule has 1 aromatic carbocycles. The number of aromatic nitrogens is 1. The van der Waals surface area contributed by atoms with Crippen LogP contribution >= 0.6 is 23.2 Å². The summed E-state index contributed by atoms with van der Waals surface area (Å²) in [6.45, 7) is 4.96. The molecule has 0 saturated carbocycles. The Morgan fingerprint density at radius 2 is 1.89 bits per heavy atom. The molecule has 0 aliphatic heterocycles. The lowest BCUT2D eigenvalue weighted by Crippen LogP contribution is -2.23. The molecule has 1 unspecified atom stereocenters. The van der Waals surface area contributed by atoms with Gasteiger partial charge in [-0.15, -0.1) is 0 Å². The SMILES string of the molecule is CCNC(c1ccc(C)cc1)c1ncc(Cl)cc1Cl. The Morgan fingerprint density at radius 3 is 2.47 bits per heavy atom. The topological polar surface area (TPSA) is 24.9 Å². The van der Waals surface area contributed by atoms with Crippen molar-refractivity contribution in [3.8, 4) is 0 Å². The Bertz CT molecular complexity index is 553. The van der Waals surface area contributed by atoms with Crippen LogP contribution in [0.2, 0.25) is 10.0 Å². The number of nitrogens with one attached hydrogen (secondary N) is 1. The maximum Gasteiger partial charge on any atom is 0.0805 e. The zero-order valence-corrected chi connectivity index (χ0v) is 12.5. The minimum Gasteiger partial charge on any atom is -0.305 e. The fourth-order valence-electron chi connectivity index (χ4n) is 1.97. The molecular weight excluding hydrogens is 279 g/mol. The lowest BCUT2D eigenvalue weighted by molar-refractivity contribution is 0.616. The maximum atomic E-state index is 6.25. The molecule has 0 saturated heterocycles. The van der Waals surface area contributed by atoms with E-state index in [-0.39, 0.29) is 6.04 Å². The zero-order valence-electron chi connectivity index (χ0n) is 11.0. The Hall–Kier alpha value is -1.09. The van der Waals surface area contributed by atoms with Gasteiger partial charge in [0.05, 0.1) is 21.8 Å². The van der Waals surface area contributed by atoms with Crippen molar-refractivity contribution in [2.24, 2.45) is 0 Å². The van der Waals surface area contributed by atoms with Crippen LogP contribution in [-0.2, 0) is 0 Å². The van der Waals surface area contributed by atoms with E-state index < -0.39 is 0 Å². The third kappa shape index (κ3) is 3.47. The quantitative estimate of drug-likeness (QED) is 0.904. The number of aryl methyl sites for hydroxylation is 1. The summed E-state index contributed by atoms with van der Waals surface area (Å²) in [7, 11) is 0. The summed E-state index contributed by atoms with van der Waals surface area (Å²) in [5.41, 5.74) is 3.18. The minimum atomic E-state index is -0.0182. The third-order valence-electron chi connectivity index (χ3n) is 2.93. The second-order valence-electron chi connectivity index (χ2n) is 4.42. The van der Waals surface area contributed by atoms with E-state index >= 15 is 0 Å². The first kappa shape index (κ1) is 14.3. The van der Waals surface area contributed by atoms with Gasteiger partial charge >= 0.3 is 0 Å². The molecule has 1 aromatic heterocycles. The standard InChI is InChI=1S/C15H16Cl2N2/c1-3-18-14(11-6-4-10(2)5-7-11)15-13(17)8-12(16)9-19-15/h4-9,14,18H,3H2,1-2H3. The molecule has 1 heterocycles. The molecule has 4 heteroatoms. The van der Waals surface area contributed by atoms with Crippen molar-refractivity contribution in [3.05, 3.63) is 63.4 Å². The summed E-state index contributed by atoms with van der Waals surface area (Å²) in [5, 5.41) is 4.54. The lowest BCUT2D eigenvalue weighted by Gasteiger charge is -2.19. The van der Waals surface area contributed by atoms with Gasteiger partial charge in [-0.25, -0.2) is 0 Å². The molecule has 2 aromatic rings. The number of rotatable bonds is 4. The maximum absolute atomic E-state index is 6.25. The van der Waals surface area contributed by atoms with Gasteiger partial charge in [0.1, 0.15) is 0 Å². The van der Waals surface area contributed by atoms with Crippen LogP contribution in [0, 0.1) is 6.92 Å². The molecule has 2 nitrogen and oxygen atoms in total. The number of hydrogen-bond donors (Lipinski definition) is 1. The first-order chi connectivity index (χ1) is 9.11. The minimum absolute atomic E-state index is 0.0182. The van der Waals surface area contributed by atoms with Crippen LogP contribution in [0.4, 0.5) is 0 Å². The van der Waals surface area contributed by atoms with E-state index in [1.165, 1.54) is 5.56 Å². The van der Waals surface area contributed by atoms with Gasteiger partial charge in [0.2, 0.25) is 0 Å². The first-order valence-corrected chi connectivity index (χ1v) is 6.98. The predicted molar refractivity (Wildman–Crippen MR) is 81.0 cm³/mol. The monoisotopic (exact) mass is 294 g/mol. The Balaban J connectivity index is 2.41. The number of nitrogens with zero attached hydrogens (tertiary/aromatic N) is 1. The third-order valence-corrected chi connectivity index (χ3v) is 3.44. The van der Waals surface area contributed by atoms with Gasteiger partial charge in [0, 0.05) is 6.20 Å². The summed E-state index contributed by atoms with van der Waals surface area (Å²) in [6.07, 6.45) is 1.63. The molecule has 0 aliphatic carbocycles. The van der Waals surface area contributed by atoms with Crippen molar-refractivity contribution < 1.29 is 0 Å². The fourth-order valence-corrected chi connectivity index (χ4v) is 2.46. The van der Waals surface area contributed by atoms with Crippen molar-refractivity contribution in [3.63, 3.8) is 0 Å². The molecule has 0 radical (unpaired) electrons. The normalized spacial score (nSPS) is 12.4. The van der Waals surface area contributed by atoms with Crippen molar-refractivity contribution in [2.75, 3.05) is 6.54 Å². The highest BCUT2D eigenvalue weighted by molar-refractivity contribution is 6.34. The predicted octanol–water partition coefficient (Wildman–Crippen LogP) is 4.40. The number of benzene rings is 1. The van der Waals surface area contributed by atoms with Crippen molar-refractivity contribution in [1.82, 2.24) is 10.3 Å². The molecule has 2 rings (SSSR count). The van der Waals surface area contributed by atoms with E-state index in [2.05, 4.69) is 48.4 Å². The highest BCUT2D eigenvalue weighted by Gasteiger charge is 2.17. The van der Waals surface area contributed by atoms with E-state index in [4.69, 9.17) is 23.2 Å². The molecule has 19 heavy (non-hydrogen) atoms. The molecule has 1 N–H and O–H groups in total. The number of hydrogen-bond acceptors (Lipinski definition) is 2. The molecule has 0 bridgehead atoms. The van der Waals surface area contributed by atoms with E-state index in [0.717, 1.165) is 17.8 Å². The zero-order chi connectivity index (χ0) is 13.8. The van der Waals surface area contributed by atoms with Crippen molar-refractivity contribution in [2.45, 2.75) is 19.9 Å². The van der Waals surface area contributed by atoms with Gasteiger partial charge in [-0.3, -0.25) is 4.98 Å². The number of pyridine rings is 1. The summed E-state index contributed by atoms with van der Waals surface area (Å²) in [5.74, 6) is 0. The molecule has 0 fully saturated rings. The van der Waals surface area contributed by atoms with Gasteiger partial charge in [0.15, 0.2) is 0 Å². The Morgan fingerprint density at radius 1 is 1.21 bits per heavy atom. The molecule has 1 atom stereocenters. The summed E-state index contributed by atoms with van der Waals surface area (Å²) in [4.78, 5) is 4.37. The summed E-state index contributed by atoms with van der Waals surface area (Å²) >= 11 is 12.2. The number of halogens is 2. The highest BCUT2D eigenvalue weighted by atomic mass is 35.5. The molecule has 0 aliphatic rings. The lowest BCUT2D eigenvalue weighted by atomic mass is 10.0. The molecule has 0 amide bonds. The second-order valence-corrected chi connectivity index (χ2v) is 5.27. The van der Waals surface area contributed by atoms with Gasteiger partial charge in [-0.05, 0) is 25.1 Å². The van der Waals surface area contributed by atoms with E-state index in [9.17, 15) is 0 Å². The largest absolute Gasteiger partial charge is 0.305 e. The van der Waals surface area contributed by atoms with Crippen molar-refractivity contribution in [1.29, 1.82) is 0 Å². The Kier molecular flexibility index (Phi) is 4.81. The van der Waals surface area contributed by atoms with Crippen LogP contribution in [0.3, 0.4) is 0 Å². The van der Waals surface area contributed by atoms with Gasteiger partial charge in [0.25, 0.3) is 0 Å². The average Bonchev–Trinajstić information content (AvgIpc) is 2.38. The fraction of sp³-hybridized carbons (Fsp3) is 0.267. The van der Waals surface area contributed by atoms with Crippen LogP contribution in [0.25, 0.3) is 0 Å². The molecule has 100 valence electrons. The van der Waals surface area contributed by atoms with Gasteiger partial charge in [-0.1, -0.05) is 60.0 Å². The van der Waals surface area contributed by atoms with Gasteiger partial charge in [-0.2, -0.15) is 0 Å². The van der Waals surface area contributed by atoms with E-state index in [1.807, 2.05) is 0 Å². The second kappa shape index (κ2) is 6.38. The van der Waals surface area contributed by atoms with E-state index in [0.29, 0.717) is 10.0 Å². The average molecular weight is 295 g/mol. The van der Waals surface area contributed by atoms with Crippen molar-refractivity contribution >= 4 is 23.2 Å². The molecule has 0 spiro atoms. The summed E-state index contributed by atoms with van der Waals surface area (Å²) in [6, 6.07) is 10.1. The highest BCUT2D eigenvalue weighted by Crippen LogP contribution is 2.28. The summed E-state index contributed by atoms with van der Waals surface area (Å²) < 4.78 is 0. The van der Waals surface area contributed by atoms with Crippen LogP contribution in [0.1, 0.15) is 29.8 Å². The van der Waals surface area contributed by atoms with E-state index in [1.54, 1.807) is 12.3 Å². The Labute approximate surface area is 123 Å². The van der Waals surface area contributed by atoms with Crippen LogP contribution in [0.15, 0.2) is 36.5 Å². The van der Waals surface area contributed by atoms with Crippen LogP contribution in [-0.4, -0.2) is 11.5 Å². The first-order valence-electron chi connectivity index (χ1n) is 6.22. The van der Waals surface area contributed by atoms with Crippen LogP contribution in [0.5, 0.6) is 0 Å². The molecular formula is C15H16Cl2N2. The van der Waals surface area contributed by atoms with Gasteiger partial charge < -0.3 is 5.32 Å². The smallest absolute Gasteiger partial charge is 0.0805 e.